The number of esters is 2. The lowest BCUT2D eigenvalue weighted by atomic mass is 9.81. The summed E-state index contributed by atoms with van der Waals surface area (Å²) >= 11 is 6.24. The number of carbonyl (C=O) groups is 2. The van der Waals surface area contributed by atoms with E-state index in [0.717, 1.165) is 19.1 Å². The fourth-order valence-electron chi connectivity index (χ4n) is 3.74. The zero-order valence-corrected chi connectivity index (χ0v) is 19.1. The van der Waals surface area contributed by atoms with Crippen LogP contribution in [0.1, 0.15) is 17.0 Å². The molecule has 0 saturated carbocycles. The second-order valence-corrected chi connectivity index (χ2v) is 7.59. The Balaban J connectivity index is 2.51. The van der Waals surface area contributed by atoms with Crippen LogP contribution in [0.15, 0.2) is 65.1 Å². The monoisotopic (exact) mass is 482 g/mol. The molecule has 0 fully saturated rings. The summed E-state index contributed by atoms with van der Waals surface area (Å²) in [6, 6.07) is 12.8. The van der Waals surface area contributed by atoms with E-state index in [-0.39, 0.29) is 27.7 Å². The molecule has 2 N–H and O–H groups in total. The summed E-state index contributed by atoms with van der Waals surface area (Å²) < 4.78 is 9.85. The minimum Gasteiger partial charge on any atom is -0.466 e. The maximum Gasteiger partial charge on any atom is 0.355 e. The Morgan fingerprint density at radius 3 is 2.32 bits per heavy atom. The van der Waals surface area contributed by atoms with Crippen LogP contribution in [-0.4, -0.2) is 31.1 Å². The average molecular weight is 483 g/mol. The summed E-state index contributed by atoms with van der Waals surface area (Å²) in [5.74, 6) is -3.36. The van der Waals surface area contributed by atoms with Crippen molar-refractivity contribution in [2.45, 2.75) is 12.8 Å². The smallest absolute Gasteiger partial charge is 0.355 e. The van der Waals surface area contributed by atoms with Crippen LogP contribution in [0.25, 0.3) is 0 Å². The van der Waals surface area contributed by atoms with Gasteiger partial charge in [-0.15, -0.1) is 0 Å². The van der Waals surface area contributed by atoms with Gasteiger partial charge >= 0.3 is 11.9 Å². The maximum absolute atomic E-state index is 13.0. The third-order valence-electron chi connectivity index (χ3n) is 5.30. The molecular formula is C23H19ClN4O6. The molecule has 10 nitrogen and oxygen atoms in total. The highest BCUT2D eigenvalue weighted by Gasteiger charge is 2.44. The number of nitrogens with zero attached hydrogens (tertiary/aromatic N) is 3. The largest absolute Gasteiger partial charge is 0.466 e. The molecule has 0 saturated heterocycles. The van der Waals surface area contributed by atoms with Crippen molar-refractivity contribution in [2.24, 2.45) is 5.73 Å². The van der Waals surface area contributed by atoms with E-state index in [1.165, 1.54) is 12.1 Å². The second-order valence-electron chi connectivity index (χ2n) is 7.18. The van der Waals surface area contributed by atoms with Gasteiger partial charge in [0.25, 0.3) is 5.69 Å². The van der Waals surface area contributed by atoms with E-state index in [1.807, 2.05) is 6.07 Å². The Morgan fingerprint density at radius 2 is 1.79 bits per heavy atom. The first-order valence-corrected chi connectivity index (χ1v) is 10.2. The Hall–Kier alpha value is -4.36. The summed E-state index contributed by atoms with van der Waals surface area (Å²) in [5, 5.41) is 22.0. The molecule has 0 aromatic heterocycles. The first-order valence-electron chi connectivity index (χ1n) is 9.78. The third kappa shape index (κ3) is 4.04. The Labute approximate surface area is 199 Å². The van der Waals surface area contributed by atoms with Crippen LogP contribution in [0, 0.1) is 28.4 Å². The zero-order valence-electron chi connectivity index (χ0n) is 18.4. The number of hydrogen-bond acceptors (Lipinski definition) is 9. The van der Waals surface area contributed by atoms with Crippen LogP contribution in [0.3, 0.4) is 0 Å². The summed E-state index contributed by atoms with van der Waals surface area (Å²) in [4.78, 5) is 38.2. The van der Waals surface area contributed by atoms with Gasteiger partial charge in [-0.05, 0) is 24.1 Å². The van der Waals surface area contributed by atoms with Gasteiger partial charge in [0.15, 0.2) is 0 Å². The number of ether oxygens (including phenoxy) is 2. The molecule has 2 aromatic carbocycles. The first-order chi connectivity index (χ1) is 16.2. The van der Waals surface area contributed by atoms with Gasteiger partial charge in [0.1, 0.15) is 17.2 Å². The van der Waals surface area contributed by atoms with Crippen LogP contribution < -0.4 is 10.6 Å². The molecule has 0 aliphatic carbocycles. The number of nitriles is 1. The molecule has 2 aromatic rings. The highest BCUT2D eigenvalue weighted by Crippen LogP contribution is 2.46. The number of anilines is 1. The van der Waals surface area contributed by atoms with Crippen molar-refractivity contribution in [1.82, 2.24) is 0 Å². The third-order valence-corrected chi connectivity index (χ3v) is 5.71. The predicted octanol–water partition coefficient (Wildman–Crippen LogP) is 3.45. The molecular weight excluding hydrogens is 464 g/mol. The molecule has 3 rings (SSSR count). The number of carbonyl (C=O) groups excluding carboxylic acids is 2. The van der Waals surface area contributed by atoms with Gasteiger partial charge in [-0.2, -0.15) is 5.26 Å². The van der Waals surface area contributed by atoms with Gasteiger partial charge in [0.2, 0.25) is 0 Å². The van der Waals surface area contributed by atoms with E-state index in [0.29, 0.717) is 11.1 Å². The fraction of sp³-hybridized carbons (Fsp3) is 0.174. The number of hydrogen-bond donors (Lipinski definition) is 1. The van der Waals surface area contributed by atoms with E-state index in [1.54, 1.807) is 37.3 Å². The molecule has 34 heavy (non-hydrogen) atoms. The maximum atomic E-state index is 13.0. The second kappa shape index (κ2) is 9.64. The molecule has 0 radical (unpaired) electrons. The standard InChI is InChI=1S/C23H19ClN4O6/c1-12-9-17(28(31)32)16(10-15(12)24)27-20(23(30)34-3)19(22(29)33-2)18(14(11-25)21(27)26)13-7-5-4-6-8-13/h4-10,18H,26H2,1-3H3. The lowest BCUT2D eigenvalue weighted by Crippen LogP contribution is -2.41. The number of halogens is 1. The van der Waals surface area contributed by atoms with Gasteiger partial charge in [-0.3, -0.25) is 15.0 Å². The number of rotatable bonds is 5. The average Bonchev–Trinajstić information content (AvgIpc) is 2.84. The van der Waals surface area contributed by atoms with Gasteiger partial charge < -0.3 is 15.2 Å². The summed E-state index contributed by atoms with van der Waals surface area (Å²) in [5.41, 5.74) is 5.74. The van der Waals surface area contributed by atoms with Crippen LogP contribution >= 0.6 is 11.6 Å². The van der Waals surface area contributed by atoms with Crippen LogP contribution in [-0.2, 0) is 19.1 Å². The predicted molar refractivity (Wildman–Crippen MR) is 122 cm³/mol. The fourth-order valence-corrected chi connectivity index (χ4v) is 3.90. The van der Waals surface area contributed by atoms with E-state index < -0.39 is 34.2 Å². The summed E-state index contributed by atoms with van der Waals surface area (Å²) in [6.07, 6.45) is 0. The van der Waals surface area contributed by atoms with E-state index >= 15 is 0 Å². The Kier molecular flexibility index (Phi) is 6.89. The number of nitro benzene ring substituents is 1. The molecule has 1 aliphatic rings. The van der Waals surface area contributed by atoms with Crippen molar-refractivity contribution < 1.29 is 24.0 Å². The van der Waals surface area contributed by atoms with E-state index in [4.69, 9.17) is 26.8 Å². The van der Waals surface area contributed by atoms with Gasteiger partial charge in [-0.25, -0.2) is 9.59 Å². The van der Waals surface area contributed by atoms with Gasteiger partial charge in [-0.1, -0.05) is 41.9 Å². The number of methoxy groups -OCH3 is 2. The van der Waals surface area contributed by atoms with Crippen LogP contribution in [0.4, 0.5) is 11.4 Å². The molecule has 1 aliphatic heterocycles. The number of nitrogens with two attached hydrogens (primary N) is 1. The number of allylic oxidation sites excluding steroid dienone is 1. The Morgan fingerprint density at radius 1 is 1.18 bits per heavy atom. The van der Waals surface area contributed by atoms with Crippen molar-refractivity contribution in [3.63, 3.8) is 0 Å². The van der Waals surface area contributed by atoms with Crippen LogP contribution in [0.5, 0.6) is 0 Å². The molecule has 1 atom stereocenters. The first kappa shape index (κ1) is 24.3. The number of aryl methyl sites for hydroxylation is 1. The summed E-state index contributed by atoms with van der Waals surface area (Å²) in [6.45, 7) is 1.57. The van der Waals surface area contributed by atoms with Crippen molar-refractivity contribution in [3.8, 4) is 6.07 Å². The van der Waals surface area contributed by atoms with E-state index in [2.05, 4.69) is 0 Å². The SMILES string of the molecule is COC(=O)C1=C(C(=O)OC)N(c2cc(Cl)c(C)cc2[N+](=O)[O-])C(N)=C(C#N)C1c1ccccc1. The van der Waals surface area contributed by atoms with E-state index in [9.17, 15) is 25.0 Å². The van der Waals surface area contributed by atoms with Crippen molar-refractivity contribution in [3.05, 3.63) is 91.4 Å². The van der Waals surface area contributed by atoms with Crippen molar-refractivity contribution in [1.29, 1.82) is 5.26 Å². The topological polar surface area (TPSA) is 149 Å². The van der Waals surface area contributed by atoms with Gasteiger partial charge in [0, 0.05) is 11.1 Å². The molecule has 0 spiro atoms. The van der Waals surface area contributed by atoms with Gasteiger partial charge in [0.05, 0.1) is 42.3 Å². The molecule has 0 amide bonds. The number of benzene rings is 2. The zero-order chi connectivity index (χ0) is 25.2. The van der Waals surface area contributed by atoms with Crippen molar-refractivity contribution >= 4 is 34.9 Å². The number of nitro groups is 1. The molecule has 0 bridgehead atoms. The van der Waals surface area contributed by atoms with Crippen molar-refractivity contribution in [2.75, 3.05) is 19.1 Å². The molecule has 174 valence electrons. The minimum absolute atomic E-state index is 0.120. The molecule has 11 heteroatoms. The highest BCUT2D eigenvalue weighted by molar-refractivity contribution is 6.31. The minimum atomic E-state index is -1.09. The summed E-state index contributed by atoms with van der Waals surface area (Å²) in [7, 11) is 2.19. The lowest BCUT2D eigenvalue weighted by molar-refractivity contribution is -0.384. The normalized spacial score (nSPS) is 15.6. The lowest BCUT2D eigenvalue weighted by Gasteiger charge is -2.35. The van der Waals surface area contributed by atoms with Crippen LogP contribution in [0.2, 0.25) is 5.02 Å². The molecule has 1 heterocycles. The highest BCUT2D eigenvalue weighted by atomic mass is 35.5. The Bertz CT molecular complexity index is 1300. The quantitative estimate of drug-likeness (QED) is 0.384. The molecule has 1 unspecified atom stereocenters.